The van der Waals surface area contributed by atoms with Crippen LogP contribution in [0.4, 0.5) is 11.4 Å². The summed E-state index contributed by atoms with van der Waals surface area (Å²) in [5.41, 5.74) is 0.0321. The molecule has 1 aliphatic heterocycles. The van der Waals surface area contributed by atoms with Crippen molar-refractivity contribution < 1.29 is 13.3 Å². The molecule has 0 unspecified atom stereocenters. The van der Waals surface area contributed by atoms with Crippen molar-refractivity contribution in [3.05, 3.63) is 40.5 Å². The molecule has 1 saturated heterocycles. The van der Waals surface area contributed by atoms with Crippen LogP contribution in [0.15, 0.2) is 29.4 Å². The molecule has 4 rings (SSSR count). The molecular weight excluding hydrogens is 370 g/mol. The fraction of sp³-hybridized carbons (Fsp3) is 0.529. The van der Waals surface area contributed by atoms with E-state index in [4.69, 9.17) is 0 Å². The second kappa shape index (κ2) is 6.59. The number of rotatable bonds is 5. The maximum absolute atomic E-state index is 12.0. The minimum Gasteiger partial charge on any atom is -0.366 e. The first kappa shape index (κ1) is 17.9. The number of hydrogen-bond donors (Lipinski definition) is 0. The monoisotopic (exact) mass is 391 g/mol. The number of sulfone groups is 1. The molecule has 0 N–H and O–H groups in total. The highest BCUT2D eigenvalue weighted by atomic mass is 32.2. The van der Waals surface area contributed by atoms with Crippen molar-refractivity contribution in [3.63, 3.8) is 0 Å². The summed E-state index contributed by atoms with van der Waals surface area (Å²) in [6.07, 6.45) is 6.70. The highest BCUT2D eigenvalue weighted by Crippen LogP contribution is 2.40. The molecule has 1 saturated carbocycles. The van der Waals surface area contributed by atoms with Crippen molar-refractivity contribution in [2.24, 2.45) is 0 Å². The summed E-state index contributed by atoms with van der Waals surface area (Å²) in [6, 6.07) is 5.00. The molecule has 0 atom stereocenters. The molecule has 10 heteroatoms. The van der Waals surface area contributed by atoms with E-state index >= 15 is 0 Å². The molecule has 2 fully saturated rings. The van der Waals surface area contributed by atoms with Crippen LogP contribution in [0.3, 0.4) is 0 Å². The fourth-order valence-corrected chi connectivity index (χ4v) is 4.66. The van der Waals surface area contributed by atoms with Gasteiger partial charge in [0.2, 0.25) is 0 Å². The molecule has 0 bridgehead atoms. The van der Waals surface area contributed by atoms with E-state index in [1.54, 1.807) is 18.5 Å². The van der Waals surface area contributed by atoms with E-state index in [-0.39, 0.29) is 16.5 Å². The summed E-state index contributed by atoms with van der Waals surface area (Å²) in [5.74, 6) is 1.26. The number of benzene rings is 1. The molecule has 9 nitrogen and oxygen atoms in total. The SMILES string of the molecule is CS(=O)(=O)c1cccc(N2CCC(c3nncn3C3CC3)CC2)c1[N+](=O)[O-]. The van der Waals surface area contributed by atoms with Crippen molar-refractivity contribution in [1.82, 2.24) is 14.8 Å². The second-order valence-electron chi connectivity index (χ2n) is 7.24. The Bertz CT molecular complexity index is 975. The molecule has 1 aromatic heterocycles. The molecule has 2 aromatic rings. The van der Waals surface area contributed by atoms with E-state index in [0.29, 0.717) is 24.8 Å². The Balaban J connectivity index is 1.58. The minimum atomic E-state index is -3.68. The molecule has 1 aliphatic carbocycles. The zero-order valence-electron chi connectivity index (χ0n) is 15.0. The van der Waals surface area contributed by atoms with E-state index in [2.05, 4.69) is 14.8 Å². The maximum atomic E-state index is 12.0. The molecule has 2 aliphatic rings. The lowest BCUT2D eigenvalue weighted by Gasteiger charge is -2.33. The maximum Gasteiger partial charge on any atom is 0.311 e. The number of nitrogens with zero attached hydrogens (tertiary/aromatic N) is 5. The van der Waals surface area contributed by atoms with Gasteiger partial charge in [0.15, 0.2) is 9.84 Å². The van der Waals surface area contributed by atoms with Gasteiger partial charge < -0.3 is 9.47 Å². The molecule has 0 amide bonds. The normalized spacial score (nSPS) is 18.6. The Morgan fingerprint density at radius 3 is 2.48 bits per heavy atom. The Labute approximate surface area is 157 Å². The van der Waals surface area contributed by atoms with Gasteiger partial charge >= 0.3 is 5.69 Å². The second-order valence-corrected chi connectivity index (χ2v) is 9.23. The highest BCUT2D eigenvalue weighted by Gasteiger charge is 2.34. The minimum absolute atomic E-state index is 0.236. The number of hydrogen-bond acceptors (Lipinski definition) is 7. The molecule has 0 spiro atoms. The van der Waals surface area contributed by atoms with Gasteiger partial charge in [0.25, 0.3) is 0 Å². The van der Waals surface area contributed by atoms with Gasteiger partial charge in [-0.25, -0.2) is 8.42 Å². The van der Waals surface area contributed by atoms with E-state index in [1.165, 1.54) is 6.07 Å². The topological polar surface area (TPSA) is 111 Å². The number of anilines is 1. The fourth-order valence-electron chi connectivity index (χ4n) is 3.81. The van der Waals surface area contributed by atoms with Gasteiger partial charge in [-0.3, -0.25) is 10.1 Å². The van der Waals surface area contributed by atoms with Crippen molar-refractivity contribution in [1.29, 1.82) is 0 Å². The van der Waals surface area contributed by atoms with Gasteiger partial charge in [0, 0.05) is 31.3 Å². The van der Waals surface area contributed by atoms with Gasteiger partial charge in [-0.2, -0.15) is 0 Å². The van der Waals surface area contributed by atoms with Crippen LogP contribution < -0.4 is 4.90 Å². The Morgan fingerprint density at radius 1 is 1.19 bits per heavy atom. The summed E-state index contributed by atoms with van der Waals surface area (Å²) < 4.78 is 26.1. The lowest BCUT2D eigenvalue weighted by molar-refractivity contribution is -0.387. The summed E-state index contributed by atoms with van der Waals surface area (Å²) >= 11 is 0. The highest BCUT2D eigenvalue weighted by molar-refractivity contribution is 7.90. The lowest BCUT2D eigenvalue weighted by Crippen LogP contribution is -2.34. The largest absolute Gasteiger partial charge is 0.366 e. The molecule has 27 heavy (non-hydrogen) atoms. The van der Waals surface area contributed by atoms with Crippen LogP contribution in [0, 0.1) is 10.1 Å². The number of piperidine rings is 1. The quantitative estimate of drug-likeness (QED) is 0.568. The predicted molar refractivity (Wildman–Crippen MR) is 98.7 cm³/mol. The third-order valence-corrected chi connectivity index (χ3v) is 6.43. The van der Waals surface area contributed by atoms with Crippen LogP contribution in [0.25, 0.3) is 0 Å². The summed E-state index contributed by atoms with van der Waals surface area (Å²) in [6.45, 7) is 1.21. The van der Waals surface area contributed by atoms with Crippen LogP contribution in [0.5, 0.6) is 0 Å². The zero-order valence-corrected chi connectivity index (χ0v) is 15.8. The van der Waals surface area contributed by atoms with Gasteiger partial charge in [-0.1, -0.05) is 6.07 Å². The third-order valence-electron chi connectivity index (χ3n) is 5.30. The first-order valence-electron chi connectivity index (χ1n) is 8.98. The van der Waals surface area contributed by atoms with Gasteiger partial charge in [-0.05, 0) is 37.8 Å². The van der Waals surface area contributed by atoms with E-state index in [9.17, 15) is 18.5 Å². The average molecular weight is 391 g/mol. The van der Waals surface area contributed by atoms with Gasteiger partial charge in [-0.15, -0.1) is 10.2 Å². The molecule has 1 aromatic carbocycles. The van der Waals surface area contributed by atoms with Crippen LogP contribution in [-0.4, -0.2) is 47.5 Å². The number of aromatic nitrogens is 3. The van der Waals surface area contributed by atoms with Crippen LogP contribution in [0.1, 0.15) is 43.5 Å². The van der Waals surface area contributed by atoms with E-state index < -0.39 is 14.8 Å². The first-order valence-corrected chi connectivity index (χ1v) is 10.9. The third kappa shape index (κ3) is 3.41. The Morgan fingerprint density at radius 2 is 1.89 bits per heavy atom. The summed E-state index contributed by atoms with van der Waals surface area (Å²) in [5, 5.41) is 20.0. The predicted octanol–water partition coefficient (Wildman–Crippen LogP) is 2.31. The first-order chi connectivity index (χ1) is 12.9. The standard InChI is InChI=1S/C17H21N5O4S/c1-27(25,26)15-4-2-3-14(16(15)22(23)24)20-9-7-12(8-10-20)17-19-18-11-21(17)13-5-6-13/h2-4,11-13H,5-10H2,1H3. The average Bonchev–Trinajstić information content (AvgIpc) is 3.37. The molecule has 0 radical (unpaired) electrons. The lowest BCUT2D eigenvalue weighted by atomic mass is 9.95. The van der Waals surface area contributed by atoms with Crippen molar-refractivity contribution in [2.75, 3.05) is 24.2 Å². The molecular formula is C17H21N5O4S. The summed E-state index contributed by atoms with van der Waals surface area (Å²) in [7, 11) is -3.68. The molecule has 2 heterocycles. The number of nitro benzene ring substituents is 1. The van der Waals surface area contributed by atoms with Crippen LogP contribution in [-0.2, 0) is 9.84 Å². The Kier molecular flexibility index (Phi) is 4.37. The molecule has 144 valence electrons. The van der Waals surface area contributed by atoms with Crippen LogP contribution in [0.2, 0.25) is 0 Å². The van der Waals surface area contributed by atoms with Crippen molar-refractivity contribution in [3.8, 4) is 0 Å². The van der Waals surface area contributed by atoms with Crippen molar-refractivity contribution >= 4 is 21.2 Å². The van der Waals surface area contributed by atoms with E-state index in [0.717, 1.165) is 37.8 Å². The Hall–Kier alpha value is -2.49. The number of para-hydroxylation sites is 1. The smallest absolute Gasteiger partial charge is 0.311 e. The van der Waals surface area contributed by atoms with Gasteiger partial charge in [0.1, 0.15) is 22.7 Å². The van der Waals surface area contributed by atoms with Crippen molar-refractivity contribution in [2.45, 2.75) is 42.5 Å². The zero-order chi connectivity index (χ0) is 19.2. The van der Waals surface area contributed by atoms with Crippen LogP contribution >= 0.6 is 0 Å². The number of nitro groups is 1. The van der Waals surface area contributed by atoms with E-state index in [1.807, 2.05) is 4.90 Å². The van der Waals surface area contributed by atoms with Gasteiger partial charge in [0.05, 0.1) is 4.92 Å². The summed E-state index contributed by atoms with van der Waals surface area (Å²) in [4.78, 5) is 12.7.